The van der Waals surface area contributed by atoms with E-state index in [-0.39, 0.29) is 25.0 Å². The van der Waals surface area contributed by atoms with E-state index >= 15 is 0 Å². The predicted molar refractivity (Wildman–Crippen MR) is 124 cm³/mol. The number of hydrogen-bond donors (Lipinski definition) is 1. The highest BCUT2D eigenvalue weighted by molar-refractivity contribution is 6.30. The summed E-state index contributed by atoms with van der Waals surface area (Å²) in [5.74, 6) is -2.12. The zero-order valence-electron chi connectivity index (χ0n) is 19.1. The number of esters is 1. The van der Waals surface area contributed by atoms with Crippen molar-refractivity contribution in [2.45, 2.75) is 32.4 Å². The maximum Gasteiger partial charge on any atom is 0.326 e. The molecule has 2 amide bonds. The van der Waals surface area contributed by atoms with E-state index in [4.69, 9.17) is 21.1 Å². The Bertz CT molecular complexity index is 1120. The molecule has 0 bridgehead atoms. The summed E-state index contributed by atoms with van der Waals surface area (Å²) in [7, 11) is 1.57. The Morgan fingerprint density at radius 3 is 2.55 bits per heavy atom. The first kappa shape index (κ1) is 23.3. The summed E-state index contributed by atoms with van der Waals surface area (Å²) >= 11 is 6.16. The van der Waals surface area contributed by atoms with Crippen LogP contribution in [0.1, 0.15) is 32.4 Å². The van der Waals surface area contributed by atoms with Gasteiger partial charge in [0.15, 0.2) is 0 Å². The van der Waals surface area contributed by atoms with Gasteiger partial charge < -0.3 is 9.47 Å². The molecule has 2 saturated heterocycles. The van der Waals surface area contributed by atoms with E-state index in [1.54, 1.807) is 33.9 Å². The minimum atomic E-state index is -1.32. The largest absolute Gasteiger partial charge is 0.496 e. The van der Waals surface area contributed by atoms with Crippen LogP contribution in [0, 0.1) is 11.8 Å². The Balaban J connectivity index is 1.79. The zero-order chi connectivity index (χ0) is 23.9. The van der Waals surface area contributed by atoms with Gasteiger partial charge in [-0.3, -0.25) is 24.6 Å². The molecule has 2 aliphatic heterocycles. The van der Waals surface area contributed by atoms with Crippen LogP contribution < -0.4 is 10.1 Å². The Hall–Kier alpha value is -2.90. The number of imide groups is 1. The fraction of sp³-hybridized carbons (Fsp3) is 0.400. The van der Waals surface area contributed by atoms with Gasteiger partial charge in [-0.1, -0.05) is 35.9 Å². The smallest absolute Gasteiger partial charge is 0.326 e. The molecule has 2 aliphatic rings. The van der Waals surface area contributed by atoms with Gasteiger partial charge in [0.25, 0.3) is 0 Å². The van der Waals surface area contributed by atoms with Gasteiger partial charge in [-0.15, -0.1) is 0 Å². The Morgan fingerprint density at radius 1 is 1.15 bits per heavy atom. The van der Waals surface area contributed by atoms with Crippen molar-refractivity contribution in [3.63, 3.8) is 0 Å². The van der Waals surface area contributed by atoms with Gasteiger partial charge in [-0.2, -0.15) is 0 Å². The van der Waals surface area contributed by atoms with Crippen molar-refractivity contribution >= 4 is 29.4 Å². The second kappa shape index (κ2) is 8.80. The van der Waals surface area contributed by atoms with E-state index in [0.717, 1.165) is 16.7 Å². The molecule has 7 nitrogen and oxygen atoms in total. The minimum absolute atomic E-state index is 0.180. The predicted octanol–water partition coefficient (Wildman–Crippen LogP) is 3.60. The van der Waals surface area contributed by atoms with Crippen molar-refractivity contribution in [3.05, 3.63) is 53.1 Å². The van der Waals surface area contributed by atoms with Crippen LogP contribution in [-0.4, -0.2) is 48.5 Å². The zero-order valence-corrected chi connectivity index (χ0v) is 19.8. The van der Waals surface area contributed by atoms with Gasteiger partial charge in [0, 0.05) is 23.2 Å². The third-order valence-corrected chi connectivity index (χ3v) is 6.85. The van der Waals surface area contributed by atoms with Gasteiger partial charge >= 0.3 is 5.97 Å². The lowest BCUT2D eigenvalue weighted by Crippen LogP contribution is -2.54. The molecule has 0 saturated carbocycles. The van der Waals surface area contributed by atoms with Gasteiger partial charge in [0.1, 0.15) is 11.3 Å². The second-order valence-corrected chi connectivity index (χ2v) is 8.88. The number of nitrogens with zero attached hydrogens (tertiary/aromatic N) is 1. The molecule has 2 fully saturated rings. The highest BCUT2D eigenvalue weighted by Gasteiger charge is 2.66. The number of methoxy groups -OCH3 is 1. The molecule has 2 aromatic rings. The number of carbonyl (C=O) groups is 3. The van der Waals surface area contributed by atoms with E-state index in [9.17, 15) is 14.4 Å². The third kappa shape index (κ3) is 3.69. The normalized spacial score (nSPS) is 26.5. The van der Waals surface area contributed by atoms with Gasteiger partial charge in [-0.05, 0) is 50.1 Å². The fourth-order valence-corrected chi connectivity index (χ4v) is 5.25. The van der Waals surface area contributed by atoms with E-state index in [1.165, 1.54) is 4.90 Å². The van der Waals surface area contributed by atoms with E-state index in [2.05, 4.69) is 5.32 Å². The van der Waals surface area contributed by atoms with Crippen molar-refractivity contribution in [2.24, 2.45) is 11.8 Å². The van der Waals surface area contributed by atoms with E-state index < -0.39 is 29.4 Å². The summed E-state index contributed by atoms with van der Waals surface area (Å²) in [4.78, 5) is 40.5. The Morgan fingerprint density at radius 2 is 1.91 bits per heavy atom. The van der Waals surface area contributed by atoms with Crippen molar-refractivity contribution < 1.29 is 23.9 Å². The SMILES string of the molecule is CCOC(=O)[C@]1(C)N[C@H](c2ccc(-c3cccc(Cl)c3)c(OC)c2)[C@@H]2C(=O)N(CC)C(=O)[C@@H]21. The lowest BCUT2D eigenvalue weighted by Gasteiger charge is -2.29. The number of amides is 2. The van der Waals surface area contributed by atoms with E-state index in [1.807, 2.05) is 36.4 Å². The highest BCUT2D eigenvalue weighted by Crippen LogP contribution is 2.49. The summed E-state index contributed by atoms with van der Waals surface area (Å²) in [6.45, 7) is 5.55. The van der Waals surface area contributed by atoms with Crippen LogP contribution in [0.15, 0.2) is 42.5 Å². The van der Waals surface area contributed by atoms with Gasteiger partial charge in [0.05, 0.1) is 25.6 Å². The Kier molecular flexibility index (Phi) is 6.20. The molecule has 0 aliphatic carbocycles. The van der Waals surface area contributed by atoms with Gasteiger partial charge in [0.2, 0.25) is 11.8 Å². The number of likely N-dealkylation sites (tertiary alicyclic amines) is 1. The highest BCUT2D eigenvalue weighted by atomic mass is 35.5. The third-order valence-electron chi connectivity index (χ3n) is 6.61. The summed E-state index contributed by atoms with van der Waals surface area (Å²) in [6.07, 6.45) is 0. The molecule has 0 spiro atoms. The first-order valence-electron chi connectivity index (χ1n) is 11.0. The molecule has 0 unspecified atom stereocenters. The molecule has 33 heavy (non-hydrogen) atoms. The number of rotatable bonds is 6. The number of nitrogens with one attached hydrogen (secondary N) is 1. The maximum atomic E-state index is 13.2. The lowest BCUT2D eigenvalue weighted by molar-refractivity contribution is -0.155. The summed E-state index contributed by atoms with van der Waals surface area (Å²) in [5, 5.41) is 3.89. The fourth-order valence-electron chi connectivity index (χ4n) is 5.06. The van der Waals surface area contributed by atoms with Crippen molar-refractivity contribution in [2.75, 3.05) is 20.3 Å². The van der Waals surface area contributed by atoms with Crippen LogP contribution in [0.3, 0.4) is 0 Å². The van der Waals surface area contributed by atoms with Crippen LogP contribution in [0.4, 0.5) is 0 Å². The first-order chi connectivity index (χ1) is 15.8. The molecule has 4 rings (SSSR count). The number of carbonyl (C=O) groups excluding carboxylic acids is 3. The van der Waals surface area contributed by atoms with Crippen LogP contribution in [0.2, 0.25) is 5.02 Å². The standard InChI is InChI=1S/C25H27ClN2O5/c1-5-28-22(29)19-20(23(28)30)25(3,24(31)33-6-2)27-21(19)15-10-11-17(18(13-15)32-4)14-8-7-9-16(26)12-14/h7-13,19-21,27H,5-6H2,1-4H3/t19-,20-,21-,25-/m1/s1. The van der Waals surface area contributed by atoms with Crippen molar-refractivity contribution in [1.29, 1.82) is 0 Å². The summed E-state index contributed by atoms with van der Waals surface area (Å²) in [5.41, 5.74) is 1.17. The van der Waals surface area contributed by atoms with Crippen LogP contribution in [-0.2, 0) is 19.1 Å². The van der Waals surface area contributed by atoms with Crippen LogP contribution in [0.5, 0.6) is 5.75 Å². The quantitative estimate of drug-likeness (QED) is 0.513. The number of fused-ring (bicyclic) bond motifs is 1. The number of ether oxygens (including phenoxy) is 2. The molecule has 4 atom stereocenters. The molecular weight excluding hydrogens is 444 g/mol. The summed E-state index contributed by atoms with van der Waals surface area (Å²) in [6, 6.07) is 12.5. The molecule has 1 N–H and O–H groups in total. The second-order valence-electron chi connectivity index (χ2n) is 8.44. The summed E-state index contributed by atoms with van der Waals surface area (Å²) < 4.78 is 10.9. The maximum absolute atomic E-state index is 13.2. The average Bonchev–Trinajstić information content (AvgIpc) is 3.26. The van der Waals surface area contributed by atoms with Crippen molar-refractivity contribution in [3.8, 4) is 16.9 Å². The van der Waals surface area contributed by atoms with Crippen LogP contribution in [0.25, 0.3) is 11.1 Å². The first-order valence-corrected chi connectivity index (χ1v) is 11.4. The minimum Gasteiger partial charge on any atom is -0.496 e. The topological polar surface area (TPSA) is 84.9 Å². The van der Waals surface area contributed by atoms with E-state index in [0.29, 0.717) is 10.8 Å². The molecular formula is C25H27ClN2O5. The molecule has 2 heterocycles. The molecule has 0 aromatic heterocycles. The molecule has 0 radical (unpaired) electrons. The number of halogens is 1. The molecule has 8 heteroatoms. The monoisotopic (exact) mass is 470 g/mol. The average molecular weight is 471 g/mol. The number of hydrogen-bond acceptors (Lipinski definition) is 6. The lowest BCUT2D eigenvalue weighted by atomic mass is 9.80. The molecule has 2 aromatic carbocycles. The Labute approximate surface area is 198 Å². The van der Waals surface area contributed by atoms with Gasteiger partial charge in [-0.25, -0.2) is 0 Å². The molecule has 174 valence electrons. The number of benzene rings is 2. The van der Waals surface area contributed by atoms with Crippen molar-refractivity contribution in [1.82, 2.24) is 10.2 Å². The van der Waals surface area contributed by atoms with Crippen LogP contribution >= 0.6 is 11.6 Å².